The van der Waals surface area contributed by atoms with Crippen LogP contribution in [0.1, 0.15) is 18.5 Å². The fourth-order valence-electron chi connectivity index (χ4n) is 2.01. The van der Waals surface area contributed by atoms with Crippen molar-refractivity contribution in [2.75, 3.05) is 7.05 Å². The van der Waals surface area contributed by atoms with Gasteiger partial charge >= 0.3 is 0 Å². The summed E-state index contributed by atoms with van der Waals surface area (Å²) in [5, 5.41) is 14.0. The molecule has 0 radical (unpaired) electrons. The van der Waals surface area contributed by atoms with Crippen molar-refractivity contribution < 1.29 is 5.11 Å². The van der Waals surface area contributed by atoms with Crippen LogP contribution < -0.4 is 5.32 Å². The van der Waals surface area contributed by atoms with Gasteiger partial charge in [0.05, 0.1) is 12.1 Å². The Hall–Kier alpha value is -1.32. The summed E-state index contributed by atoms with van der Waals surface area (Å²) in [6.45, 7) is 1.79. The molecule has 0 aliphatic carbocycles. The third-order valence-electron chi connectivity index (χ3n) is 2.75. The number of hydrogen-bond acceptors (Lipinski definition) is 2. The number of aliphatic hydroxyl groups is 1. The summed E-state index contributed by atoms with van der Waals surface area (Å²) in [4.78, 5) is 3.21. The van der Waals surface area contributed by atoms with Crippen molar-refractivity contribution in [1.82, 2.24) is 10.3 Å². The first-order valence-electron chi connectivity index (χ1n) is 5.15. The number of aromatic amines is 1. The zero-order chi connectivity index (χ0) is 10.8. The lowest BCUT2D eigenvalue weighted by atomic mass is 10.0. The number of aliphatic hydroxyl groups excluding tert-OH is 1. The number of hydrogen-bond donors (Lipinski definition) is 3. The molecule has 0 spiro atoms. The van der Waals surface area contributed by atoms with Crippen molar-refractivity contribution in [1.29, 1.82) is 0 Å². The van der Waals surface area contributed by atoms with Gasteiger partial charge in [0.2, 0.25) is 0 Å². The molecule has 15 heavy (non-hydrogen) atoms. The van der Waals surface area contributed by atoms with Crippen molar-refractivity contribution in [3.8, 4) is 0 Å². The molecule has 2 rings (SSSR count). The van der Waals surface area contributed by atoms with Crippen LogP contribution in [-0.2, 0) is 0 Å². The Bertz CT molecular complexity index is 448. The molecular formula is C12H16N2O. The Balaban J connectivity index is 2.51. The highest BCUT2D eigenvalue weighted by atomic mass is 16.3. The number of rotatable bonds is 3. The monoisotopic (exact) mass is 204 g/mol. The van der Waals surface area contributed by atoms with Gasteiger partial charge in [0.1, 0.15) is 0 Å². The number of para-hydroxylation sites is 1. The van der Waals surface area contributed by atoms with Gasteiger partial charge in [-0.25, -0.2) is 0 Å². The molecule has 0 aliphatic rings. The second-order valence-electron chi connectivity index (χ2n) is 3.80. The van der Waals surface area contributed by atoms with E-state index in [4.69, 9.17) is 0 Å². The average Bonchev–Trinajstić information content (AvgIpc) is 2.63. The number of H-pyrrole nitrogens is 1. The largest absolute Gasteiger partial charge is 0.391 e. The summed E-state index contributed by atoms with van der Waals surface area (Å²) in [5.41, 5.74) is 2.22. The summed E-state index contributed by atoms with van der Waals surface area (Å²) in [6.07, 6.45) is 1.55. The highest BCUT2D eigenvalue weighted by Gasteiger charge is 2.18. The number of fused-ring (bicyclic) bond motifs is 1. The molecule has 1 aromatic carbocycles. The normalized spacial score (nSPS) is 15.4. The van der Waals surface area contributed by atoms with Gasteiger partial charge < -0.3 is 15.4 Å². The third kappa shape index (κ3) is 1.76. The van der Waals surface area contributed by atoms with Crippen LogP contribution in [0.4, 0.5) is 0 Å². The van der Waals surface area contributed by atoms with Gasteiger partial charge in [-0.05, 0) is 25.6 Å². The summed E-state index contributed by atoms with van der Waals surface area (Å²) in [6, 6.07) is 8.08. The fraction of sp³-hybridized carbons (Fsp3) is 0.333. The first-order valence-corrected chi connectivity index (χ1v) is 5.15. The van der Waals surface area contributed by atoms with E-state index >= 15 is 0 Å². The molecule has 0 fully saturated rings. The molecule has 1 aromatic heterocycles. The molecule has 1 heterocycles. The van der Waals surface area contributed by atoms with Crippen molar-refractivity contribution in [2.45, 2.75) is 19.1 Å². The molecule has 3 N–H and O–H groups in total. The smallest absolute Gasteiger partial charge is 0.0707 e. The minimum absolute atomic E-state index is 0.0267. The third-order valence-corrected chi connectivity index (χ3v) is 2.75. The van der Waals surface area contributed by atoms with E-state index in [1.54, 1.807) is 6.92 Å². The molecule has 3 nitrogen and oxygen atoms in total. The van der Waals surface area contributed by atoms with Gasteiger partial charge in [-0.2, -0.15) is 0 Å². The lowest BCUT2D eigenvalue weighted by Crippen LogP contribution is -2.26. The molecule has 0 bridgehead atoms. The molecule has 0 saturated carbocycles. The summed E-state index contributed by atoms with van der Waals surface area (Å²) < 4.78 is 0. The Morgan fingerprint density at radius 1 is 1.33 bits per heavy atom. The molecule has 2 unspecified atom stereocenters. The van der Waals surface area contributed by atoms with E-state index in [2.05, 4.69) is 16.4 Å². The minimum Gasteiger partial charge on any atom is -0.391 e. The summed E-state index contributed by atoms with van der Waals surface area (Å²) in [7, 11) is 1.86. The maximum Gasteiger partial charge on any atom is 0.0707 e. The van der Waals surface area contributed by atoms with Crippen LogP contribution >= 0.6 is 0 Å². The van der Waals surface area contributed by atoms with Gasteiger partial charge in [-0.15, -0.1) is 0 Å². The van der Waals surface area contributed by atoms with E-state index < -0.39 is 6.10 Å². The van der Waals surface area contributed by atoms with E-state index in [-0.39, 0.29) is 6.04 Å². The van der Waals surface area contributed by atoms with Crippen LogP contribution in [0.5, 0.6) is 0 Å². The molecule has 3 heteroatoms. The quantitative estimate of drug-likeness (QED) is 0.714. The second-order valence-corrected chi connectivity index (χ2v) is 3.80. The zero-order valence-corrected chi connectivity index (χ0v) is 8.99. The SMILES string of the molecule is CNC(c1c[nH]c2ccccc12)C(C)O. The molecule has 0 amide bonds. The molecular weight excluding hydrogens is 188 g/mol. The lowest BCUT2D eigenvalue weighted by Gasteiger charge is -2.18. The molecule has 2 aromatic rings. The van der Waals surface area contributed by atoms with Crippen LogP contribution in [0, 0.1) is 0 Å². The van der Waals surface area contributed by atoms with Gasteiger partial charge in [0.25, 0.3) is 0 Å². The first-order chi connectivity index (χ1) is 7.24. The minimum atomic E-state index is -0.408. The number of aromatic nitrogens is 1. The molecule has 80 valence electrons. The van der Waals surface area contributed by atoms with Gasteiger partial charge in [-0.1, -0.05) is 18.2 Å². The topological polar surface area (TPSA) is 48.0 Å². The van der Waals surface area contributed by atoms with Crippen LogP contribution in [0.15, 0.2) is 30.5 Å². The maximum absolute atomic E-state index is 9.67. The Labute approximate surface area is 89.1 Å². The number of nitrogens with one attached hydrogen (secondary N) is 2. The Kier molecular flexibility index (Phi) is 2.75. The van der Waals surface area contributed by atoms with E-state index in [0.717, 1.165) is 16.5 Å². The van der Waals surface area contributed by atoms with Gasteiger partial charge in [0.15, 0.2) is 0 Å². The first kappa shape index (κ1) is 10.2. The van der Waals surface area contributed by atoms with Gasteiger partial charge in [0, 0.05) is 17.1 Å². The molecule has 2 atom stereocenters. The van der Waals surface area contributed by atoms with Crippen LogP contribution in [0.25, 0.3) is 10.9 Å². The predicted molar refractivity (Wildman–Crippen MR) is 61.8 cm³/mol. The van der Waals surface area contributed by atoms with Crippen molar-refractivity contribution in [3.63, 3.8) is 0 Å². The van der Waals surface area contributed by atoms with E-state index in [0.29, 0.717) is 0 Å². The standard InChI is InChI=1S/C12H16N2O/c1-8(15)12(13-2)10-7-14-11-6-4-3-5-9(10)11/h3-8,12-15H,1-2H3. The summed E-state index contributed by atoms with van der Waals surface area (Å²) in [5.74, 6) is 0. The van der Waals surface area contributed by atoms with Crippen molar-refractivity contribution >= 4 is 10.9 Å². The highest BCUT2D eigenvalue weighted by Crippen LogP contribution is 2.25. The van der Waals surface area contributed by atoms with Crippen LogP contribution in [0.3, 0.4) is 0 Å². The van der Waals surface area contributed by atoms with E-state index in [9.17, 15) is 5.11 Å². The van der Waals surface area contributed by atoms with E-state index in [1.165, 1.54) is 0 Å². The average molecular weight is 204 g/mol. The Morgan fingerprint density at radius 2 is 2.07 bits per heavy atom. The number of benzene rings is 1. The predicted octanol–water partition coefficient (Wildman–Crippen LogP) is 1.81. The van der Waals surface area contributed by atoms with Gasteiger partial charge in [-0.3, -0.25) is 0 Å². The zero-order valence-electron chi connectivity index (χ0n) is 8.99. The lowest BCUT2D eigenvalue weighted by molar-refractivity contribution is 0.150. The van der Waals surface area contributed by atoms with Crippen LogP contribution in [-0.4, -0.2) is 23.2 Å². The highest BCUT2D eigenvalue weighted by molar-refractivity contribution is 5.83. The van der Waals surface area contributed by atoms with Crippen molar-refractivity contribution in [3.05, 3.63) is 36.0 Å². The summed E-state index contributed by atoms with van der Waals surface area (Å²) >= 11 is 0. The Morgan fingerprint density at radius 3 is 2.73 bits per heavy atom. The van der Waals surface area contributed by atoms with E-state index in [1.807, 2.05) is 31.4 Å². The van der Waals surface area contributed by atoms with Crippen molar-refractivity contribution in [2.24, 2.45) is 0 Å². The molecule has 0 saturated heterocycles. The second kappa shape index (κ2) is 4.04. The molecule has 0 aliphatic heterocycles. The fourth-order valence-corrected chi connectivity index (χ4v) is 2.01. The maximum atomic E-state index is 9.67. The number of likely N-dealkylation sites (N-methyl/N-ethyl adjacent to an activating group) is 1. The van der Waals surface area contributed by atoms with Crippen LogP contribution in [0.2, 0.25) is 0 Å².